The summed E-state index contributed by atoms with van der Waals surface area (Å²) in [7, 11) is 3.24. The summed E-state index contributed by atoms with van der Waals surface area (Å²) in [6.45, 7) is 0.649. The number of carbonyl (C=O) groups excluding carboxylic acids is 2. The van der Waals surface area contributed by atoms with E-state index in [1.807, 2.05) is 17.5 Å². The van der Waals surface area contributed by atoms with E-state index in [1.165, 1.54) is 9.78 Å². The van der Waals surface area contributed by atoms with E-state index in [-0.39, 0.29) is 23.0 Å². The number of thiophene rings is 1. The Labute approximate surface area is 149 Å². The number of ketones is 1. The molecule has 0 atom stereocenters. The predicted molar refractivity (Wildman–Crippen MR) is 97.6 cm³/mol. The minimum absolute atomic E-state index is 0.0302. The third kappa shape index (κ3) is 3.51. The van der Waals surface area contributed by atoms with Crippen LogP contribution >= 0.6 is 11.3 Å². The highest BCUT2D eigenvalue weighted by Crippen LogP contribution is 2.32. The normalized spacial score (nSPS) is 13.4. The maximum absolute atomic E-state index is 12.1. The zero-order chi connectivity index (χ0) is 18.0. The Bertz CT molecular complexity index is 841. The first kappa shape index (κ1) is 17.0. The van der Waals surface area contributed by atoms with Gasteiger partial charge < -0.3 is 20.6 Å². The average molecular weight is 357 g/mol. The molecule has 0 unspecified atom stereocenters. The fourth-order valence-electron chi connectivity index (χ4n) is 2.49. The van der Waals surface area contributed by atoms with Gasteiger partial charge in [0.05, 0.1) is 17.7 Å². The first-order valence-electron chi connectivity index (χ1n) is 7.80. The number of phenols is 1. The lowest BCUT2D eigenvalue weighted by molar-refractivity contribution is -0.116. The van der Waals surface area contributed by atoms with Crippen LogP contribution in [-0.4, -0.2) is 35.8 Å². The van der Waals surface area contributed by atoms with Crippen LogP contribution in [0.2, 0.25) is 0 Å². The molecule has 2 aromatic rings. The Kier molecular flexibility index (Phi) is 4.76. The number of aromatic hydroxyl groups is 1. The molecule has 1 aromatic carbocycles. The SMILES string of the molecule is CN(C)C(=O)c1cccc(NC2=C(NCc3cccs3)CC2=O)c1O. The summed E-state index contributed by atoms with van der Waals surface area (Å²) in [5.41, 5.74) is 1.77. The summed E-state index contributed by atoms with van der Waals surface area (Å²) in [4.78, 5) is 26.6. The van der Waals surface area contributed by atoms with E-state index in [4.69, 9.17) is 0 Å². The van der Waals surface area contributed by atoms with Gasteiger partial charge in [-0.3, -0.25) is 9.59 Å². The topological polar surface area (TPSA) is 81.7 Å². The third-order valence-corrected chi connectivity index (χ3v) is 4.78. The van der Waals surface area contributed by atoms with E-state index < -0.39 is 0 Å². The number of allylic oxidation sites excluding steroid dienone is 2. The highest BCUT2D eigenvalue weighted by atomic mass is 32.1. The molecule has 1 aliphatic carbocycles. The van der Waals surface area contributed by atoms with Crippen LogP contribution in [0.4, 0.5) is 5.69 Å². The highest BCUT2D eigenvalue weighted by molar-refractivity contribution is 7.09. The monoisotopic (exact) mass is 357 g/mol. The molecule has 3 rings (SSSR count). The second-order valence-electron chi connectivity index (χ2n) is 5.91. The lowest BCUT2D eigenvalue weighted by Gasteiger charge is -2.25. The summed E-state index contributed by atoms with van der Waals surface area (Å²) in [5.74, 6) is -0.491. The van der Waals surface area contributed by atoms with Crippen molar-refractivity contribution >= 4 is 28.7 Å². The van der Waals surface area contributed by atoms with Crippen molar-refractivity contribution in [2.24, 2.45) is 0 Å². The number of nitrogens with zero attached hydrogens (tertiary/aromatic N) is 1. The molecule has 130 valence electrons. The molecule has 0 saturated carbocycles. The Morgan fingerprint density at radius 3 is 2.72 bits per heavy atom. The third-order valence-electron chi connectivity index (χ3n) is 3.91. The van der Waals surface area contributed by atoms with Gasteiger partial charge in [0, 0.05) is 31.2 Å². The van der Waals surface area contributed by atoms with Crippen molar-refractivity contribution in [3.8, 4) is 5.75 Å². The van der Waals surface area contributed by atoms with E-state index in [9.17, 15) is 14.7 Å². The van der Waals surface area contributed by atoms with Crippen LogP contribution < -0.4 is 10.6 Å². The second-order valence-corrected chi connectivity index (χ2v) is 6.94. The Balaban J connectivity index is 1.78. The van der Waals surface area contributed by atoms with Crippen LogP contribution in [0, 0.1) is 0 Å². The summed E-state index contributed by atoms with van der Waals surface area (Å²) >= 11 is 1.64. The lowest BCUT2D eigenvalue weighted by Crippen LogP contribution is -2.32. The van der Waals surface area contributed by atoms with Crippen LogP contribution in [0.25, 0.3) is 0 Å². The van der Waals surface area contributed by atoms with Crippen molar-refractivity contribution in [2.75, 3.05) is 19.4 Å². The molecule has 0 spiro atoms. The van der Waals surface area contributed by atoms with Crippen molar-refractivity contribution in [2.45, 2.75) is 13.0 Å². The molecule has 25 heavy (non-hydrogen) atoms. The Morgan fingerprint density at radius 1 is 1.28 bits per heavy atom. The van der Waals surface area contributed by atoms with Crippen molar-refractivity contribution in [3.63, 3.8) is 0 Å². The van der Waals surface area contributed by atoms with E-state index >= 15 is 0 Å². The lowest BCUT2D eigenvalue weighted by atomic mass is 9.98. The first-order valence-corrected chi connectivity index (χ1v) is 8.68. The number of nitrogens with one attached hydrogen (secondary N) is 2. The number of hydrogen-bond donors (Lipinski definition) is 3. The highest BCUT2D eigenvalue weighted by Gasteiger charge is 2.28. The van der Waals surface area contributed by atoms with Gasteiger partial charge in [-0.05, 0) is 23.6 Å². The van der Waals surface area contributed by atoms with Crippen molar-refractivity contribution in [3.05, 3.63) is 57.5 Å². The van der Waals surface area contributed by atoms with Crippen LogP contribution in [-0.2, 0) is 11.3 Å². The van der Waals surface area contributed by atoms with Crippen LogP contribution in [0.3, 0.4) is 0 Å². The minimum atomic E-state index is -0.300. The number of para-hydroxylation sites is 1. The molecule has 1 heterocycles. The molecule has 3 N–H and O–H groups in total. The fraction of sp³-hybridized carbons (Fsp3) is 0.222. The van der Waals surface area contributed by atoms with Crippen LogP contribution in [0.1, 0.15) is 21.7 Å². The number of rotatable bonds is 6. The second kappa shape index (κ2) is 6.98. The van der Waals surface area contributed by atoms with Gasteiger partial charge in [-0.1, -0.05) is 12.1 Å². The predicted octanol–water partition coefficient (Wildman–Crippen LogP) is 2.54. The van der Waals surface area contributed by atoms with Gasteiger partial charge in [-0.15, -0.1) is 11.3 Å². The first-order chi connectivity index (χ1) is 12.0. The van der Waals surface area contributed by atoms with E-state index in [0.29, 0.717) is 24.4 Å². The number of amides is 1. The zero-order valence-electron chi connectivity index (χ0n) is 14.0. The number of hydrogen-bond acceptors (Lipinski definition) is 6. The van der Waals surface area contributed by atoms with Gasteiger partial charge in [0.2, 0.25) is 0 Å². The molecular weight excluding hydrogens is 338 g/mol. The standard InChI is InChI=1S/C18H19N3O3S/c1-21(2)18(24)12-6-3-7-13(17(12)23)20-16-14(9-15(16)22)19-10-11-5-4-8-25-11/h3-8,19-20,23H,9-10H2,1-2H3. The van der Waals surface area contributed by atoms with Crippen molar-refractivity contribution in [1.29, 1.82) is 0 Å². The molecule has 7 heteroatoms. The summed E-state index contributed by atoms with van der Waals surface area (Å²) < 4.78 is 0. The molecule has 0 radical (unpaired) electrons. The number of benzene rings is 1. The van der Waals surface area contributed by atoms with Crippen LogP contribution in [0.5, 0.6) is 5.75 Å². The van der Waals surface area contributed by atoms with Crippen LogP contribution in [0.15, 0.2) is 47.1 Å². The fourth-order valence-corrected chi connectivity index (χ4v) is 3.14. The van der Waals surface area contributed by atoms with E-state index in [0.717, 1.165) is 5.70 Å². The summed E-state index contributed by atoms with van der Waals surface area (Å²) in [5, 5.41) is 18.6. The molecule has 6 nitrogen and oxygen atoms in total. The van der Waals surface area contributed by atoms with Gasteiger partial charge >= 0.3 is 0 Å². The van der Waals surface area contributed by atoms with E-state index in [2.05, 4.69) is 10.6 Å². The molecule has 1 amide bonds. The van der Waals surface area contributed by atoms with Gasteiger partial charge in [0.15, 0.2) is 11.5 Å². The van der Waals surface area contributed by atoms with E-state index in [1.54, 1.807) is 43.6 Å². The molecule has 1 aromatic heterocycles. The maximum Gasteiger partial charge on any atom is 0.257 e. The molecule has 0 bridgehead atoms. The molecule has 0 fully saturated rings. The smallest absolute Gasteiger partial charge is 0.257 e. The molecule has 0 saturated heterocycles. The number of anilines is 1. The van der Waals surface area contributed by atoms with Crippen molar-refractivity contribution < 1.29 is 14.7 Å². The zero-order valence-corrected chi connectivity index (χ0v) is 14.8. The molecular formula is C18H19N3O3S. The maximum atomic E-state index is 12.1. The van der Waals surface area contributed by atoms with Gasteiger partial charge in [-0.2, -0.15) is 0 Å². The quantitative estimate of drug-likeness (QED) is 0.692. The summed E-state index contributed by atoms with van der Waals surface area (Å²) in [6.07, 6.45) is 0.338. The molecule has 1 aliphatic rings. The molecule has 0 aliphatic heterocycles. The van der Waals surface area contributed by atoms with Crippen molar-refractivity contribution in [1.82, 2.24) is 10.2 Å². The number of carbonyl (C=O) groups is 2. The largest absolute Gasteiger partial charge is 0.505 e. The van der Waals surface area contributed by atoms with Gasteiger partial charge in [0.1, 0.15) is 5.70 Å². The Hall–Kier alpha value is -2.80. The van der Waals surface area contributed by atoms with Gasteiger partial charge in [-0.25, -0.2) is 0 Å². The summed E-state index contributed by atoms with van der Waals surface area (Å²) in [6, 6.07) is 8.86. The van der Waals surface area contributed by atoms with Gasteiger partial charge in [0.25, 0.3) is 5.91 Å². The Morgan fingerprint density at radius 2 is 2.08 bits per heavy atom. The minimum Gasteiger partial charge on any atom is -0.505 e. The number of Topliss-reactive ketones (excluding diaryl/α,β-unsaturated/α-hetero) is 1. The average Bonchev–Trinajstić information content (AvgIpc) is 3.10. The number of phenolic OH excluding ortho intramolecular Hbond substituents is 1.